The fraction of sp³-hybridized carbons (Fsp3) is 0.257. The van der Waals surface area contributed by atoms with E-state index in [0.29, 0.717) is 11.4 Å². The molecule has 3 aromatic carbocycles. The topological polar surface area (TPSA) is 227 Å². The van der Waals surface area contributed by atoms with E-state index in [-0.39, 0.29) is 77.9 Å². The first-order chi connectivity index (χ1) is 23.9. The van der Waals surface area contributed by atoms with Crippen LogP contribution in [0.5, 0.6) is 11.5 Å². The van der Waals surface area contributed by atoms with Gasteiger partial charge in [-0.3, -0.25) is 19.7 Å². The van der Waals surface area contributed by atoms with Crippen LogP contribution < -0.4 is 16.0 Å². The molecule has 6 N–H and O–H groups in total. The summed E-state index contributed by atoms with van der Waals surface area (Å²) < 4.78 is 10.9. The number of esters is 2. The highest BCUT2D eigenvalue weighted by molar-refractivity contribution is 6.00. The second-order valence-corrected chi connectivity index (χ2v) is 10.7. The number of nitrogens with zero attached hydrogens (tertiary/aromatic N) is 1. The maximum atomic E-state index is 13.5. The SMILES string of the molecule is CC1=C(C(=O)OCCNC(=O)c2ccc(O)cc2)C(c2cccc([N+](=O)[O-])c2)C(C(=O)OCCNC(=O)c2ccccc2O)=C(C)N1.CCO. The van der Waals surface area contributed by atoms with Gasteiger partial charge in [-0.2, -0.15) is 0 Å². The normalized spacial score (nSPS) is 13.6. The molecule has 0 radical (unpaired) electrons. The quantitative estimate of drug-likeness (QED) is 0.0697. The van der Waals surface area contributed by atoms with Gasteiger partial charge in [-0.25, -0.2) is 9.59 Å². The van der Waals surface area contributed by atoms with Crippen LogP contribution in [0.4, 0.5) is 5.69 Å². The van der Waals surface area contributed by atoms with E-state index in [9.17, 15) is 39.5 Å². The molecule has 1 heterocycles. The maximum absolute atomic E-state index is 13.5. The standard InChI is InChI=1S/C33H32N4O10.C2H6O/c1-19-27(32(42)46-16-14-34-30(40)21-10-12-24(38)13-11-21)29(22-6-5-7-23(18-22)37(44)45)28(20(2)36-19)33(43)47-17-15-35-31(41)25-8-3-4-9-26(25)39;1-2-3/h3-13,18,29,36,38-39H,14-17H2,1-2H3,(H,34,40)(H,35,41);3H,2H2,1H3. The molecular formula is C35H38N4O11. The molecule has 264 valence electrons. The molecule has 1 atom stereocenters. The van der Waals surface area contributed by atoms with Gasteiger partial charge in [0.25, 0.3) is 17.5 Å². The molecule has 1 aliphatic rings. The number of hydrogen-bond donors (Lipinski definition) is 6. The van der Waals surface area contributed by atoms with E-state index in [1.165, 1.54) is 60.7 Å². The Labute approximate surface area is 287 Å². The molecule has 2 amide bonds. The second-order valence-electron chi connectivity index (χ2n) is 10.7. The number of carbonyl (C=O) groups is 4. The van der Waals surface area contributed by atoms with E-state index >= 15 is 0 Å². The Balaban J connectivity index is 0.00000217. The van der Waals surface area contributed by atoms with E-state index in [0.717, 1.165) is 0 Å². The Morgan fingerprint density at radius 2 is 1.36 bits per heavy atom. The summed E-state index contributed by atoms with van der Waals surface area (Å²) in [5.74, 6) is -4.05. The first kappa shape index (κ1) is 38.2. The van der Waals surface area contributed by atoms with E-state index in [1.807, 2.05) is 0 Å². The number of aliphatic hydroxyl groups is 1. The molecule has 0 aromatic heterocycles. The minimum absolute atomic E-state index is 0.000708. The second kappa shape index (κ2) is 18.4. The molecule has 0 spiro atoms. The number of nitro benzene ring substituents is 1. The zero-order valence-electron chi connectivity index (χ0n) is 27.6. The van der Waals surface area contributed by atoms with E-state index in [1.54, 1.807) is 32.9 Å². The third-order valence-corrected chi connectivity index (χ3v) is 7.13. The average Bonchev–Trinajstić information content (AvgIpc) is 3.08. The maximum Gasteiger partial charge on any atom is 0.336 e. The van der Waals surface area contributed by atoms with Crippen molar-refractivity contribution in [3.63, 3.8) is 0 Å². The number of allylic oxidation sites excluding steroid dienone is 2. The van der Waals surface area contributed by atoms with Gasteiger partial charge >= 0.3 is 11.9 Å². The molecular weight excluding hydrogens is 652 g/mol. The van der Waals surface area contributed by atoms with Crippen molar-refractivity contribution in [1.82, 2.24) is 16.0 Å². The van der Waals surface area contributed by atoms with Crippen molar-refractivity contribution in [2.75, 3.05) is 32.9 Å². The zero-order valence-corrected chi connectivity index (χ0v) is 27.6. The molecule has 0 bridgehead atoms. The number of carbonyl (C=O) groups excluding carboxylic acids is 4. The molecule has 0 saturated carbocycles. The number of aromatic hydroxyl groups is 2. The number of phenols is 2. The number of non-ortho nitro benzene ring substituents is 1. The lowest BCUT2D eigenvalue weighted by atomic mass is 9.80. The summed E-state index contributed by atoms with van der Waals surface area (Å²) in [5, 5.41) is 46.6. The lowest BCUT2D eigenvalue weighted by Crippen LogP contribution is -2.34. The molecule has 0 aliphatic carbocycles. The largest absolute Gasteiger partial charge is 0.508 e. The molecule has 0 fully saturated rings. The van der Waals surface area contributed by atoms with Crippen molar-refractivity contribution in [3.05, 3.63) is 122 Å². The number of rotatable bonds is 12. The van der Waals surface area contributed by atoms with Crippen LogP contribution in [0.15, 0.2) is 95.3 Å². The third-order valence-electron chi connectivity index (χ3n) is 7.13. The molecule has 1 aliphatic heterocycles. The predicted molar refractivity (Wildman–Crippen MR) is 180 cm³/mol. The lowest BCUT2D eigenvalue weighted by Gasteiger charge is -2.30. The van der Waals surface area contributed by atoms with Crippen molar-refractivity contribution in [3.8, 4) is 11.5 Å². The number of nitro groups is 1. The highest BCUT2D eigenvalue weighted by Gasteiger charge is 2.38. The fourth-order valence-corrected chi connectivity index (χ4v) is 4.93. The predicted octanol–water partition coefficient (Wildman–Crippen LogP) is 3.19. The number of nitrogens with one attached hydrogen (secondary N) is 3. The Morgan fingerprint density at radius 1 is 0.820 bits per heavy atom. The Morgan fingerprint density at radius 3 is 1.90 bits per heavy atom. The van der Waals surface area contributed by atoms with E-state index in [2.05, 4.69) is 16.0 Å². The number of hydrogen-bond acceptors (Lipinski definition) is 12. The molecule has 15 nitrogen and oxygen atoms in total. The average molecular weight is 691 g/mol. The number of benzene rings is 3. The highest BCUT2D eigenvalue weighted by atomic mass is 16.6. The first-order valence-electron chi connectivity index (χ1n) is 15.4. The van der Waals surface area contributed by atoms with E-state index in [4.69, 9.17) is 14.6 Å². The minimum Gasteiger partial charge on any atom is -0.508 e. The van der Waals surface area contributed by atoms with Crippen molar-refractivity contribution in [2.24, 2.45) is 0 Å². The van der Waals surface area contributed by atoms with Gasteiger partial charge in [-0.05, 0) is 62.7 Å². The lowest BCUT2D eigenvalue weighted by molar-refractivity contribution is -0.384. The number of phenolic OH excluding ortho intramolecular Hbond substituents is 2. The van der Waals surface area contributed by atoms with Crippen molar-refractivity contribution >= 4 is 29.4 Å². The number of ether oxygens (including phenoxy) is 2. The Bertz CT molecular complexity index is 1790. The summed E-state index contributed by atoms with van der Waals surface area (Å²) in [5.41, 5.74) is 0.993. The van der Waals surface area contributed by atoms with Crippen LogP contribution in [0.2, 0.25) is 0 Å². The summed E-state index contributed by atoms with van der Waals surface area (Å²) in [7, 11) is 0. The van der Waals surface area contributed by atoms with Gasteiger partial charge in [-0.15, -0.1) is 0 Å². The molecule has 3 aromatic rings. The fourth-order valence-electron chi connectivity index (χ4n) is 4.93. The van der Waals surface area contributed by atoms with Crippen LogP contribution in [-0.2, 0) is 19.1 Å². The third kappa shape index (κ3) is 10.1. The number of dihydropyridines is 1. The van der Waals surface area contributed by atoms with Crippen molar-refractivity contribution < 1.29 is 48.9 Å². The molecule has 15 heteroatoms. The van der Waals surface area contributed by atoms with E-state index < -0.39 is 34.6 Å². The Hall–Kier alpha value is -6.22. The first-order valence-corrected chi connectivity index (χ1v) is 15.4. The van der Waals surface area contributed by atoms with Crippen molar-refractivity contribution in [2.45, 2.75) is 26.7 Å². The molecule has 50 heavy (non-hydrogen) atoms. The van der Waals surface area contributed by atoms with Crippen LogP contribution in [0.1, 0.15) is 53.0 Å². The van der Waals surface area contributed by atoms with Crippen molar-refractivity contribution in [1.29, 1.82) is 0 Å². The summed E-state index contributed by atoms with van der Waals surface area (Å²) in [4.78, 5) is 62.7. The van der Waals surface area contributed by atoms with Crippen LogP contribution in [-0.4, -0.2) is 76.9 Å². The van der Waals surface area contributed by atoms with Gasteiger partial charge in [0, 0.05) is 35.7 Å². The summed E-state index contributed by atoms with van der Waals surface area (Å²) in [6.45, 7) is 4.46. The molecule has 4 rings (SSSR count). The highest BCUT2D eigenvalue weighted by Crippen LogP contribution is 2.40. The summed E-state index contributed by atoms with van der Waals surface area (Å²) in [6, 6.07) is 17.0. The number of aliphatic hydroxyl groups excluding tert-OH is 1. The minimum atomic E-state index is -1.13. The van der Waals surface area contributed by atoms with Gasteiger partial charge in [0.2, 0.25) is 0 Å². The van der Waals surface area contributed by atoms with Crippen LogP contribution in [0.3, 0.4) is 0 Å². The van der Waals surface area contributed by atoms with Gasteiger partial charge in [-0.1, -0.05) is 24.3 Å². The van der Waals surface area contributed by atoms with Crippen LogP contribution >= 0.6 is 0 Å². The van der Waals surface area contributed by atoms with Gasteiger partial charge in [0.1, 0.15) is 24.7 Å². The Kier molecular flexibility index (Phi) is 14.0. The monoisotopic (exact) mass is 690 g/mol. The van der Waals surface area contributed by atoms with Crippen LogP contribution in [0.25, 0.3) is 0 Å². The number of para-hydroxylation sites is 1. The zero-order chi connectivity index (χ0) is 36.8. The van der Waals surface area contributed by atoms with Crippen LogP contribution in [0, 0.1) is 10.1 Å². The smallest absolute Gasteiger partial charge is 0.336 e. The summed E-state index contributed by atoms with van der Waals surface area (Å²) in [6.07, 6.45) is 0. The molecule has 0 saturated heterocycles. The summed E-state index contributed by atoms with van der Waals surface area (Å²) >= 11 is 0. The molecule has 1 unspecified atom stereocenters. The number of amides is 2. The van der Waals surface area contributed by atoms with Gasteiger partial charge < -0.3 is 40.7 Å². The van der Waals surface area contributed by atoms with Gasteiger partial charge in [0.15, 0.2) is 0 Å². The van der Waals surface area contributed by atoms with Gasteiger partial charge in [0.05, 0.1) is 40.6 Å².